The van der Waals surface area contributed by atoms with Gasteiger partial charge in [0, 0.05) is 19.0 Å². The molecule has 0 saturated carbocycles. The first-order valence-corrected chi connectivity index (χ1v) is 5.01. The Labute approximate surface area is 89.4 Å². The summed E-state index contributed by atoms with van der Waals surface area (Å²) in [5, 5.41) is 7.71. The third-order valence-electron chi connectivity index (χ3n) is 2.05. The number of hydrogen-bond donors (Lipinski definition) is 1. The molecule has 0 radical (unpaired) electrons. The van der Waals surface area contributed by atoms with Crippen molar-refractivity contribution < 1.29 is 4.79 Å². The predicted octanol–water partition coefficient (Wildman–Crippen LogP) is 0.303. The van der Waals surface area contributed by atoms with Gasteiger partial charge in [0.25, 0.3) is 0 Å². The summed E-state index contributed by atoms with van der Waals surface area (Å²) < 4.78 is 0.650. The lowest BCUT2D eigenvalue weighted by Crippen LogP contribution is -2.28. The van der Waals surface area contributed by atoms with Gasteiger partial charge in [0.2, 0.25) is 5.91 Å². The standard InChI is InChI=1S/C8H9BrN4O/c9-6-1-2-7(12-11-6)13-4-5(10)3-8(13)14/h1-2,5H,3-4,10H2. The van der Waals surface area contributed by atoms with Crippen LogP contribution < -0.4 is 10.6 Å². The van der Waals surface area contributed by atoms with Crippen LogP contribution in [0.4, 0.5) is 5.82 Å². The fraction of sp³-hybridized carbons (Fsp3) is 0.375. The molecule has 1 aliphatic heterocycles. The molecule has 1 fully saturated rings. The lowest BCUT2D eigenvalue weighted by Gasteiger charge is -2.13. The van der Waals surface area contributed by atoms with Gasteiger partial charge >= 0.3 is 0 Å². The Balaban J connectivity index is 2.23. The minimum Gasteiger partial charge on any atom is -0.326 e. The van der Waals surface area contributed by atoms with Crippen LogP contribution in [0.25, 0.3) is 0 Å². The molecule has 5 nitrogen and oxygen atoms in total. The van der Waals surface area contributed by atoms with Crippen LogP contribution in [-0.2, 0) is 4.79 Å². The average Bonchev–Trinajstić information content (AvgIpc) is 2.47. The number of halogens is 1. The van der Waals surface area contributed by atoms with Gasteiger partial charge < -0.3 is 5.73 Å². The van der Waals surface area contributed by atoms with E-state index in [-0.39, 0.29) is 11.9 Å². The van der Waals surface area contributed by atoms with Crippen LogP contribution in [0.1, 0.15) is 6.42 Å². The highest BCUT2D eigenvalue weighted by atomic mass is 79.9. The zero-order chi connectivity index (χ0) is 10.1. The lowest BCUT2D eigenvalue weighted by atomic mass is 10.3. The number of amides is 1. The molecule has 2 heterocycles. The molecule has 1 saturated heterocycles. The van der Waals surface area contributed by atoms with Crippen molar-refractivity contribution in [1.82, 2.24) is 10.2 Å². The fourth-order valence-corrected chi connectivity index (χ4v) is 1.62. The Morgan fingerprint density at radius 2 is 2.29 bits per heavy atom. The van der Waals surface area contributed by atoms with Crippen LogP contribution in [0.5, 0.6) is 0 Å². The Bertz CT molecular complexity index is 353. The van der Waals surface area contributed by atoms with Gasteiger partial charge in [-0.05, 0) is 28.1 Å². The highest BCUT2D eigenvalue weighted by Gasteiger charge is 2.28. The smallest absolute Gasteiger partial charge is 0.229 e. The third-order valence-corrected chi connectivity index (χ3v) is 2.47. The second-order valence-corrected chi connectivity index (χ2v) is 4.00. The maximum atomic E-state index is 11.4. The molecule has 1 aromatic rings. The van der Waals surface area contributed by atoms with Gasteiger partial charge in [0.05, 0.1) is 0 Å². The molecule has 1 aromatic heterocycles. The van der Waals surface area contributed by atoms with Crippen molar-refractivity contribution in [2.45, 2.75) is 12.5 Å². The predicted molar refractivity (Wildman–Crippen MR) is 54.7 cm³/mol. The Hall–Kier alpha value is -1.01. The van der Waals surface area contributed by atoms with Crippen molar-refractivity contribution in [2.24, 2.45) is 5.73 Å². The molecule has 1 amide bonds. The zero-order valence-corrected chi connectivity index (χ0v) is 8.94. The van der Waals surface area contributed by atoms with Gasteiger partial charge in [-0.25, -0.2) is 0 Å². The number of rotatable bonds is 1. The molecule has 14 heavy (non-hydrogen) atoms. The molecule has 0 aliphatic carbocycles. The minimum absolute atomic E-state index is 0.00845. The van der Waals surface area contributed by atoms with E-state index in [1.165, 1.54) is 0 Å². The summed E-state index contributed by atoms with van der Waals surface area (Å²) in [4.78, 5) is 13.0. The van der Waals surface area contributed by atoms with E-state index in [0.29, 0.717) is 23.4 Å². The summed E-state index contributed by atoms with van der Waals surface area (Å²) in [6.45, 7) is 0.523. The largest absolute Gasteiger partial charge is 0.326 e. The van der Waals surface area contributed by atoms with Crippen molar-refractivity contribution in [1.29, 1.82) is 0 Å². The first-order chi connectivity index (χ1) is 6.66. The number of hydrogen-bond acceptors (Lipinski definition) is 4. The maximum Gasteiger partial charge on any atom is 0.229 e. The molecule has 1 unspecified atom stereocenters. The van der Waals surface area contributed by atoms with Gasteiger partial charge in [-0.1, -0.05) is 0 Å². The van der Waals surface area contributed by atoms with Gasteiger partial charge in [0.1, 0.15) is 4.60 Å². The van der Waals surface area contributed by atoms with E-state index in [1.54, 1.807) is 17.0 Å². The second kappa shape index (κ2) is 3.62. The first-order valence-electron chi connectivity index (χ1n) is 4.22. The number of anilines is 1. The van der Waals surface area contributed by atoms with E-state index >= 15 is 0 Å². The van der Waals surface area contributed by atoms with Gasteiger partial charge in [-0.2, -0.15) is 0 Å². The van der Waals surface area contributed by atoms with Crippen LogP contribution in [0.2, 0.25) is 0 Å². The van der Waals surface area contributed by atoms with Crippen molar-refractivity contribution in [3.8, 4) is 0 Å². The average molecular weight is 257 g/mol. The normalized spacial score (nSPS) is 21.7. The summed E-state index contributed by atoms with van der Waals surface area (Å²) in [5.41, 5.74) is 5.66. The van der Waals surface area contributed by atoms with Gasteiger partial charge in [-0.15, -0.1) is 10.2 Å². The van der Waals surface area contributed by atoms with E-state index in [4.69, 9.17) is 5.73 Å². The van der Waals surface area contributed by atoms with Crippen molar-refractivity contribution in [2.75, 3.05) is 11.4 Å². The fourth-order valence-electron chi connectivity index (χ4n) is 1.41. The molecule has 1 aliphatic rings. The number of aromatic nitrogens is 2. The number of nitrogens with zero attached hydrogens (tertiary/aromatic N) is 3. The van der Waals surface area contributed by atoms with Crippen LogP contribution in [0, 0.1) is 0 Å². The van der Waals surface area contributed by atoms with E-state index < -0.39 is 0 Å². The van der Waals surface area contributed by atoms with E-state index in [2.05, 4.69) is 26.1 Å². The van der Waals surface area contributed by atoms with E-state index in [1.807, 2.05) is 0 Å². The third kappa shape index (κ3) is 1.76. The monoisotopic (exact) mass is 256 g/mol. The Morgan fingerprint density at radius 1 is 1.50 bits per heavy atom. The molecule has 74 valence electrons. The summed E-state index contributed by atoms with van der Waals surface area (Å²) >= 11 is 3.18. The van der Waals surface area contributed by atoms with E-state index in [9.17, 15) is 4.79 Å². The summed E-state index contributed by atoms with van der Waals surface area (Å²) in [7, 11) is 0. The highest BCUT2D eigenvalue weighted by molar-refractivity contribution is 9.10. The lowest BCUT2D eigenvalue weighted by molar-refractivity contribution is -0.117. The summed E-state index contributed by atoms with van der Waals surface area (Å²) in [5.74, 6) is 0.570. The summed E-state index contributed by atoms with van der Waals surface area (Å²) in [6.07, 6.45) is 0.387. The SMILES string of the molecule is NC1CC(=O)N(c2ccc(Br)nn2)C1. The highest BCUT2D eigenvalue weighted by Crippen LogP contribution is 2.18. The van der Waals surface area contributed by atoms with Crippen LogP contribution >= 0.6 is 15.9 Å². The van der Waals surface area contributed by atoms with Crippen molar-refractivity contribution >= 4 is 27.7 Å². The quantitative estimate of drug-likeness (QED) is 0.785. The Morgan fingerprint density at radius 3 is 2.79 bits per heavy atom. The molecule has 2 rings (SSSR count). The van der Waals surface area contributed by atoms with Crippen LogP contribution in [0.15, 0.2) is 16.7 Å². The minimum atomic E-state index is -0.0899. The van der Waals surface area contributed by atoms with Gasteiger partial charge in [0.15, 0.2) is 5.82 Å². The molecule has 0 bridgehead atoms. The van der Waals surface area contributed by atoms with Crippen molar-refractivity contribution in [3.05, 3.63) is 16.7 Å². The number of nitrogens with two attached hydrogens (primary N) is 1. The molecule has 2 N–H and O–H groups in total. The summed E-state index contributed by atoms with van der Waals surface area (Å²) in [6, 6.07) is 3.40. The molecule has 0 aromatic carbocycles. The first kappa shape index (κ1) is 9.54. The van der Waals surface area contributed by atoms with E-state index in [0.717, 1.165) is 0 Å². The molecule has 0 spiro atoms. The molecular weight excluding hydrogens is 248 g/mol. The molecular formula is C8H9BrN4O. The number of carbonyl (C=O) groups is 1. The second-order valence-electron chi connectivity index (χ2n) is 3.18. The van der Waals surface area contributed by atoms with Gasteiger partial charge in [-0.3, -0.25) is 9.69 Å². The van der Waals surface area contributed by atoms with Crippen LogP contribution in [0.3, 0.4) is 0 Å². The van der Waals surface area contributed by atoms with Crippen molar-refractivity contribution in [3.63, 3.8) is 0 Å². The molecule has 1 atom stereocenters. The molecule has 6 heteroatoms. The Kier molecular flexibility index (Phi) is 2.47. The topological polar surface area (TPSA) is 72.1 Å². The number of carbonyl (C=O) groups excluding carboxylic acids is 1. The zero-order valence-electron chi connectivity index (χ0n) is 7.35. The van der Waals surface area contributed by atoms with Crippen LogP contribution in [-0.4, -0.2) is 28.7 Å². The maximum absolute atomic E-state index is 11.4.